The summed E-state index contributed by atoms with van der Waals surface area (Å²) in [5, 5.41) is 18.7. The van der Waals surface area contributed by atoms with Crippen molar-refractivity contribution in [1.29, 1.82) is 0 Å². The van der Waals surface area contributed by atoms with E-state index in [0.29, 0.717) is 17.1 Å². The average Bonchev–Trinajstić information content (AvgIpc) is 2.71. The van der Waals surface area contributed by atoms with Crippen LogP contribution in [0.3, 0.4) is 0 Å². The van der Waals surface area contributed by atoms with E-state index in [1.165, 1.54) is 36.0 Å². The molecule has 0 saturated heterocycles. The zero-order valence-electron chi connectivity index (χ0n) is 9.82. The van der Waals surface area contributed by atoms with Crippen molar-refractivity contribution >= 4 is 11.5 Å². The Bertz CT molecular complexity index is 616. The summed E-state index contributed by atoms with van der Waals surface area (Å²) in [6, 6.07) is 5.78. The summed E-state index contributed by atoms with van der Waals surface area (Å²) < 4.78 is 0. The summed E-state index contributed by atoms with van der Waals surface area (Å²) in [7, 11) is 0. The quantitative estimate of drug-likeness (QED) is 0.467. The highest BCUT2D eigenvalue weighted by molar-refractivity contribution is 5.92. The van der Waals surface area contributed by atoms with Crippen LogP contribution in [0.2, 0.25) is 0 Å². The number of hydrogen-bond donors (Lipinski definition) is 0. The molecule has 0 amide bonds. The molecule has 0 saturated carbocycles. The molecular formula is C11H10N4O3. The van der Waals surface area contributed by atoms with Gasteiger partial charge in [0.1, 0.15) is 0 Å². The molecule has 0 radical (unpaired) electrons. The minimum atomic E-state index is -0.480. The minimum Gasteiger partial charge on any atom is -0.293 e. The van der Waals surface area contributed by atoms with Gasteiger partial charge in [-0.1, -0.05) is 0 Å². The van der Waals surface area contributed by atoms with Crippen LogP contribution < -0.4 is 0 Å². The van der Waals surface area contributed by atoms with Crippen LogP contribution in [0.5, 0.6) is 0 Å². The number of nitro benzene ring substituents is 1. The topological polar surface area (TPSA) is 90.9 Å². The number of Topliss-reactive ketones (excluding diaryl/α,β-unsaturated/α-hetero) is 1. The van der Waals surface area contributed by atoms with Gasteiger partial charge in [0.15, 0.2) is 11.5 Å². The first kappa shape index (κ1) is 11.9. The number of rotatable bonds is 3. The van der Waals surface area contributed by atoms with Crippen molar-refractivity contribution in [3.8, 4) is 5.69 Å². The number of carbonyl (C=O) groups is 1. The van der Waals surface area contributed by atoms with Crippen LogP contribution in [-0.4, -0.2) is 25.7 Å². The third-order valence-corrected chi connectivity index (χ3v) is 2.41. The van der Waals surface area contributed by atoms with Gasteiger partial charge in [-0.3, -0.25) is 14.9 Å². The van der Waals surface area contributed by atoms with Gasteiger partial charge in [-0.05, 0) is 19.1 Å². The molecule has 1 heterocycles. The van der Waals surface area contributed by atoms with Crippen LogP contribution in [0.25, 0.3) is 5.69 Å². The third kappa shape index (κ3) is 2.10. The smallest absolute Gasteiger partial charge is 0.269 e. The van der Waals surface area contributed by atoms with Crippen LogP contribution >= 0.6 is 0 Å². The second-order valence-electron chi connectivity index (χ2n) is 3.75. The molecule has 0 bridgehead atoms. The molecule has 7 nitrogen and oxygen atoms in total. The molecule has 18 heavy (non-hydrogen) atoms. The first-order valence-corrected chi connectivity index (χ1v) is 5.19. The number of nitrogens with zero attached hydrogens (tertiary/aromatic N) is 4. The molecule has 0 aliphatic heterocycles. The number of nitro groups is 1. The Morgan fingerprint density at radius 3 is 2.33 bits per heavy atom. The number of ketones is 1. The van der Waals surface area contributed by atoms with Crippen LogP contribution in [0.15, 0.2) is 24.3 Å². The summed E-state index contributed by atoms with van der Waals surface area (Å²) >= 11 is 0. The molecule has 0 fully saturated rings. The fourth-order valence-electron chi connectivity index (χ4n) is 1.53. The van der Waals surface area contributed by atoms with E-state index in [1.54, 1.807) is 6.92 Å². The summed E-state index contributed by atoms with van der Waals surface area (Å²) in [6.07, 6.45) is 0. The lowest BCUT2D eigenvalue weighted by Crippen LogP contribution is -2.01. The number of hydrogen-bond acceptors (Lipinski definition) is 5. The highest BCUT2D eigenvalue weighted by Crippen LogP contribution is 2.15. The van der Waals surface area contributed by atoms with Gasteiger partial charge in [0.05, 0.1) is 16.3 Å². The molecule has 0 unspecified atom stereocenters. The van der Waals surface area contributed by atoms with Crippen molar-refractivity contribution in [1.82, 2.24) is 15.0 Å². The van der Waals surface area contributed by atoms with Crippen molar-refractivity contribution in [3.05, 3.63) is 45.8 Å². The van der Waals surface area contributed by atoms with Gasteiger partial charge < -0.3 is 0 Å². The van der Waals surface area contributed by atoms with Crippen molar-refractivity contribution in [2.45, 2.75) is 13.8 Å². The van der Waals surface area contributed by atoms with E-state index in [4.69, 9.17) is 0 Å². The molecule has 0 aliphatic carbocycles. The van der Waals surface area contributed by atoms with E-state index in [0.717, 1.165) is 0 Å². The molecule has 1 aromatic heterocycles. The van der Waals surface area contributed by atoms with E-state index >= 15 is 0 Å². The number of benzene rings is 1. The maximum atomic E-state index is 11.2. The van der Waals surface area contributed by atoms with Crippen molar-refractivity contribution in [2.24, 2.45) is 0 Å². The molecule has 0 spiro atoms. The number of aryl methyl sites for hydroxylation is 1. The molecule has 1 aromatic carbocycles. The lowest BCUT2D eigenvalue weighted by Gasteiger charge is -1.98. The zero-order valence-corrected chi connectivity index (χ0v) is 9.82. The van der Waals surface area contributed by atoms with Crippen LogP contribution in [0, 0.1) is 17.0 Å². The largest absolute Gasteiger partial charge is 0.293 e. The van der Waals surface area contributed by atoms with E-state index < -0.39 is 4.92 Å². The average molecular weight is 246 g/mol. The van der Waals surface area contributed by atoms with E-state index in [-0.39, 0.29) is 11.5 Å². The first-order chi connectivity index (χ1) is 8.49. The van der Waals surface area contributed by atoms with Gasteiger partial charge in [-0.2, -0.15) is 9.90 Å². The second-order valence-corrected chi connectivity index (χ2v) is 3.75. The van der Waals surface area contributed by atoms with Crippen LogP contribution in [-0.2, 0) is 0 Å². The molecule has 0 N–H and O–H groups in total. The van der Waals surface area contributed by atoms with E-state index in [2.05, 4.69) is 10.2 Å². The Kier molecular flexibility index (Phi) is 2.88. The Hall–Kier alpha value is -2.57. The van der Waals surface area contributed by atoms with Gasteiger partial charge >= 0.3 is 0 Å². The predicted octanol–water partition coefficient (Wildman–Crippen LogP) is 1.69. The fourth-order valence-corrected chi connectivity index (χ4v) is 1.53. The van der Waals surface area contributed by atoms with Gasteiger partial charge in [0, 0.05) is 19.1 Å². The fraction of sp³-hybridized carbons (Fsp3) is 0.182. The first-order valence-electron chi connectivity index (χ1n) is 5.19. The molecular weight excluding hydrogens is 236 g/mol. The van der Waals surface area contributed by atoms with Crippen molar-refractivity contribution in [3.63, 3.8) is 0 Å². The zero-order chi connectivity index (χ0) is 13.3. The predicted molar refractivity (Wildman–Crippen MR) is 62.8 cm³/mol. The maximum Gasteiger partial charge on any atom is 0.269 e. The van der Waals surface area contributed by atoms with Crippen molar-refractivity contribution < 1.29 is 9.72 Å². The Morgan fingerprint density at radius 2 is 1.89 bits per heavy atom. The second kappa shape index (κ2) is 4.36. The molecule has 0 aliphatic rings. The highest BCUT2D eigenvalue weighted by Gasteiger charge is 2.13. The number of aromatic nitrogens is 3. The Balaban J connectivity index is 2.40. The monoisotopic (exact) mass is 246 g/mol. The van der Waals surface area contributed by atoms with Gasteiger partial charge in [-0.15, -0.1) is 5.10 Å². The Labute approximate surface area is 102 Å². The van der Waals surface area contributed by atoms with Crippen molar-refractivity contribution in [2.75, 3.05) is 0 Å². The maximum absolute atomic E-state index is 11.2. The standard InChI is InChI=1S/C11H10N4O3/c1-7-11(8(2)16)13-14(12-7)9-3-5-10(6-4-9)15(17)18/h3-6H,1-2H3. The molecule has 2 rings (SSSR count). The van der Waals surface area contributed by atoms with Gasteiger partial charge in [-0.25, -0.2) is 0 Å². The summed E-state index contributed by atoms with van der Waals surface area (Å²) in [4.78, 5) is 22.6. The SMILES string of the molecule is CC(=O)c1nn(-c2ccc([N+](=O)[O-])cc2)nc1C. The number of non-ortho nitro benzene ring substituents is 1. The molecule has 0 atom stereocenters. The van der Waals surface area contributed by atoms with Crippen LogP contribution in [0.1, 0.15) is 23.1 Å². The highest BCUT2D eigenvalue weighted by atomic mass is 16.6. The third-order valence-electron chi connectivity index (χ3n) is 2.41. The summed E-state index contributed by atoms with van der Waals surface area (Å²) in [5.74, 6) is -0.166. The van der Waals surface area contributed by atoms with Crippen LogP contribution in [0.4, 0.5) is 5.69 Å². The summed E-state index contributed by atoms with van der Waals surface area (Å²) in [5.41, 5.74) is 1.39. The molecule has 7 heteroatoms. The van der Waals surface area contributed by atoms with E-state index in [1.807, 2.05) is 0 Å². The Morgan fingerprint density at radius 1 is 1.28 bits per heavy atom. The van der Waals surface area contributed by atoms with Gasteiger partial charge in [0.2, 0.25) is 0 Å². The van der Waals surface area contributed by atoms with Gasteiger partial charge in [0.25, 0.3) is 5.69 Å². The van der Waals surface area contributed by atoms with E-state index in [9.17, 15) is 14.9 Å². The minimum absolute atomic E-state index is 0.00517. The number of carbonyl (C=O) groups excluding carboxylic acids is 1. The molecule has 2 aromatic rings. The summed E-state index contributed by atoms with van der Waals surface area (Å²) in [6.45, 7) is 3.10. The lowest BCUT2D eigenvalue weighted by molar-refractivity contribution is -0.384. The lowest BCUT2D eigenvalue weighted by atomic mass is 10.3. The molecule has 92 valence electrons. The normalized spacial score (nSPS) is 10.3.